The average Bonchev–Trinajstić information content (AvgIpc) is 2.81. The number of fused-ring (bicyclic) bond motifs is 1. The second-order valence-electron chi connectivity index (χ2n) is 8.40. The Morgan fingerprint density at radius 1 is 1.00 bits per heavy atom. The molecule has 0 aliphatic heterocycles. The molecule has 3 aliphatic rings. The van der Waals surface area contributed by atoms with Crippen LogP contribution in [0.4, 0.5) is 0 Å². The highest BCUT2D eigenvalue weighted by Gasteiger charge is 2.42. The van der Waals surface area contributed by atoms with Crippen molar-refractivity contribution in [1.82, 2.24) is 5.32 Å². The van der Waals surface area contributed by atoms with Crippen molar-refractivity contribution in [2.75, 3.05) is 13.7 Å². The monoisotopic (exact) mass is 448 g/mol. The summed E-state index contributed by atoms with van der Waals surface area (Å²) in [5.41, 5.74) is 5.56. The van der Waals surface area contributed by atoms with Crippen LogP contribution in [0.25, 0.3) is 0 Å². The molecule has 3 aliphatic carbocycles. The zero-order chi connectivity index (χ0) is 22.5. The quantitative estimate of drug-likeness (QED) is 0.625. The van der Waals surface area contributed by atoms with E-state index in [0.717, 1.165) is 6.42 Å². The standard InChI is InChI=1S/C25H24N2O4S/c1-31-23-11-10-16(32(26,29)30)13-22(23)25(28)27-14-15-12-21-17-6-2-4-8-19(17)24(15)20-9-5-3-7-18(20)21/h2-11,13,15,21,24H,12,14H2,1H3,(H,27,28)(H2,26,29,30). The second kappa shape index (κ2) is 7.76. The van der Waals surface area contributed by atoms with Crippen molar-refractivity contribution in [3.05, 3.63) is 94.5 Å². The van der Waals surface area contributed by atoms with E-state index in [0.29, 0.717) is 18.2 Å². The highest BCUT2D eigenvalue weighted by atomic mass is 32.2. The summed E-state index contributed by atoms with van der Waals surface area (Å²) in [6.45, 7) is 0.478. The molecule has 1 unspecified atom stereocenters. The number of rotatable bonds is 5. The van der Waals surface area contributed by atoms with Gasteiger partial charge in [0.25, 0.3) is 5.91 Å². The Morgan fingerprint density at radius 2 is 1.59 bits per heavy atom. The molecule has 164 valence electrons. The summed E-state index contributed by atoms with van der Waals surface area (Å²) in [4.78, 5) is 12.9. The van der Waals surface area contributed by atoms with Crippen LogP contribution in [0.1, 0.15) is 50.9 Å². The van der Waals surface area contributed by atoms with Crippen molar-refractivity contribution in [3.63, 3.8) is 0 Å². The maximum absolute atomic E-state index is 13.0. The summed E-state index contributed by atoms with van der Waals surface area (Å²) in [5, 5.41) is 8.25. The summed E-state index contributed by atoms with van der Waals surface area (Å²) in [5.74, 6) is 0.687. The van der Waals surface area contributed by atoms with Crippen molar-refractivity contribution >= 4 is 15.9 Å². The molecule has 0 fully saturated rings. The molecule has 2 bridgehead atoms. The van der Waals surface area contributed by atoms with Gasteiger partial charge >= 0.3 is 0 Å². The number of amides is 1. The van der Waals surface area contributed by atoms with Gasteiger partial charge in [0.15, 0.2) is 0 Å². The molecule has 0 aromatic heterocycles. The van der Waals surface area contributed by atoms with E-state index in [1.54, 1.807) is 0 Å². The summed E-state index contributed by atoms with van der Waals surface area (Å²) in [7, 11) is -2.49. The molecule has 3 N–H and O–H groups in total. The smallest absolute Gasteiger partial charge is 0.255 e. The molecule has 6 rings (SSSR count). The average molecular weight is 449 g/mol. The van der Waals surface area contributed by atoms with Crippen molar-refractivity contribution in [3.8, 4) is 5.75 Å². The fourth-order valence-electron chi connectivity index (χ4n) is 5.32. The Balaban J connectivity index is 1.43. The van der Waals surface area contributed by atoms with Gasteiger partial charge in [0.2, 0.25) is 10.0 Å². The lowest BCUT2D eigenvalue weighted by atomic mass is 9.59. The first-order valence-corrected chi connectivity index (χ1v) is 12.1. The molecule has 0 radical (unpaired) electrons. The number of methoxy groups -OCH3 is 1. The summed E-state index contributed by atoms with van der Waals surface area (Å²) < 4.78 is 28.7. The fourth-order valence-corrected chi connectivity index (χ4v) is 5.86. The first-order chi connectivity index (χ1) is 15.4. The van der Waals surface area contributed by atoms with E-state index in [4.69, 9.17) is 9.88 Å². The summed E-state index contributed by atoms with van der Waals surface area (Å²) >= 11 is 0. The Labute approximate surface area is 187 Å². The summed E-state index contributed by atoms with van der Waals surface area (Å²) in [6, 6.07) is 21.2. The third kappa shape index (κ3) is 3.38. The number of nitrogens with one attached hydrogen (secondary N) is 1. The van der Waals surface area contributed by atoms with Crippen molar-refractivity contribution in [2.45, 2.75) is 23.2 Å². The predicted molar refractivity (Wildman–Crippen MR) is 121 cm³/mol. The number of hydrogen-bond acceptors (Lipinski definition) is 4. The van der Waals surface area contributed by atoms with Gasteiger partial charge in [0.05, 0.1) is 17.6 Å². The van der Waals surface area contributed by atoms with Gasteiger partial charge in [-0.3, -0.25) is 4.79 Å². The van der Waals surface area contributed by atoms with E-state index < -0.39 is 10.0 Å². The van der Waals surface area contributed by atoms with Gasteiger partial charge in [-0.05, 0) is 52.8 Å². The van der Waals surface area contributed by atoms with Gasteiger partial charge in [0.1, 0.15) is 5.75 Å². The first kappa shape index (κ1) is 20.7. The number of ether oxygens (including phenoxy) is 1. The van der Waals surface area contributed by atoms with Crippen molar-refractivity contribution < 1.29 is 17.9 Å². The molecule has 0 saturated heterocycles. The van der Waals surface area contributed by atoms with Gasteiger partial charge in [-0.15, -0.1) is 0 Å². The fraction of sp³-hybridized carbons (Fsp3) is 0.240. The molecular weight excluding hydrogens is 424 g/mol. The molecular formula is C25H24N2O4S. The lowest BCUT2D eigenvalue weighted by molar-refractivity contribution is 0.0939. The van der Waals surface area contributed by atoms with Crippen LogP contribution < -0.4 is 15.2 Å². The molecule has 3 aromatic carbocycles. The van der Waals surface area contributed by atoms with E-state index in [-0.39, 0.29) is 28.2 Å². The predicted octanol–water partition coefficient (Wildman–Crippen LogP) is 3.37. The van der Waals surface area contributed by atoms with Crippen molar-refractivity contribution in [1.29, 1.82) is 0 Å². The Bertz CT molecular complexity index is 1270. The highest BCUT2D eigenvalue weighted by Crippen LogP contribution is 2.55. The van der Waals surface area contributed by atoms with Crippen LogP contribution in [-0.2, 0) is 10.0 Å². The normalized spacial score (nSPS) is 20.9. The minimum Gasteiger partial charge on any atom is -0.496 e. The van der Waals surface area contributed by atoms with Crippen LogP contribution in [0.3, 0.4) is 0 Å². The zero-order valence-electron chi connectivity index (χ0n) is 17.6. The molecule has 0 spiro atoms. The third-order valence-corrected chi connectivity index (χ3v) is 7.60. The minimum absolute atomic E-state index is 0.122. The molecule has 0 saturated carbocycles. The van der Waals surface area contributed by atoms with Gasteiger partial charge in [-0.25, -0.2) is 13.6 Å². The lowest BCUT2D eigenvalue weighted by Gasteiger charge is -2.45. The number of carbonyl (C=O) groups is 1. The van der Waals surface area contributed by atoms with Gasteiger partial charge in [-0.2, -0.15) is 0 Å². The summed E-state index contributed by atoms with van der Waals surface area (Å²) in [6.07, 6.45) is 0.952. The molecule has 1 amide bonds. The van der Waals surface area contributed by atoms with E-state index in [1.807, 2.05) is 0 Å². The van der Waals surface area contributed by atoms with Gasteiger partial charge in [-0.1, -0.05) is 48.5 Å². The number of carbonyl (C=O) groups excluding carboxylic acids is 1. The number of nitrogens with two attached hydrogens (primary N) is 1. The maximum atomic E-state index is 13.0. The van der Waals surface area contributed by atoms with Gasteiger partial charge < -0.3 is 10.1 Å². The molecule has 3 aromatic rings. The number of benzene rings is 3. The molecule has 7 heteroatoms. The van der Waals surface area contributed by atoms with E-state index in [2.05, 4.69) is 53.8 Å². The SMILES string of the molecule is COc1ccc(S(N)(=O)=O)cc1C(=O)NCC1CC2c3ccccc3C1c1ccccc12. The maximum Gasteiger partial charge on any atom is 0.255 e. The Hall–Kier alpha value is -3.16. The van der Waals surface area contributed by atoms with E-state index >= 15 is 0 Å². The van der Waals surface area contributed by atoms with Crippen LogP contribution in [-0.4, -0.2) is 28.0 Å². The molecule has 6 nitrogen and oxygen atoms in total. The van der Waals surface area contributed by atoms with Crippen LogP contribution in [0.5, 0.6) is 5.75 Å². The highest BCUT2D eigenvalue weighted by molar-refractivity contribution is 7.89. The van der Waals surface area contributed by atoms with Crippen LogP contribution in [0.15, 0.2) is 71.6 Å². The second-order valence-corrected chi connectivity index (χ2v) is 9.96. The van der Waals surface area contributed by atoms with E-state index in [1.165, 1.54) is 47.6 Å². The van der Waals surface area contributed by atoms with Crippen LogP contribution >= 0.6 is 0 Å². The van der Waals surface area contributed by atoms with Crippen LogP contribution in [0.2, 0.25) is 0 Å². The zero-order valence-corrected chi connectivity index (χ0v) is 18.4. The number of primary sulfonamides is 1. The van der Waals surface area contributed by atoms with Crippen molar-refractivity contribution in [2.24, 2.45) is 11.1 Å². The van der Waals surface area contributed by atoms with Crippen LogP contribution in [0, 0.1) is 5.92 Å². The first-order valence-electron chi connectivity index (χ1n) is 10.5. The van der Waals surface area contributed by atoms with E-state index in [9.17, 15) is 13.2 Å². The molecule has 32 heavy (non-hydrogen) atoms. The number of sulfonamides is 1. The van der Waals surface area contributed by atoms with Gasteiger partial charge in [0, 0.05) is 18.4 Å². The molecule has 1 atom stereocenters. The molecule has 0 heterocycles. The lowest BCUT2D eigenvalue weighted by Crippen LogP contribution is -2.39. The third-order valence-electron chi connectivity index (χ3n) is 6.69. The Kier molecular flexibility index (Phi) is 5.03. The minimum atomic E-state index is -3.93. The largest absolute Gasteiger partial charge is 0.496 e. The topological polar surface area (TPSA) is 98.5 Å². The number of hydrogen-bond donors (Lipinski definition) is 2. The Morgan fingerprint density at radius 3 is 2.16 bits per heavy atom.